The van der Waals surface area contributed by atoms with E-state index in [4.69, 9.17) is 0 Å². The first kappa shape index (κ1) is 11.6. The van der Waals surface area contributed by atoms with E-state index in [1.807, 2.05) is 6.92 Å². The van der Waals surface area contributed by atoms with Crippen LogP contribution in [0.2, 0.25) is 0 Å². The molecule has 82 valence electrons. The molecule has 0 radical (unpaired) electrons. The summed E-state index contributed by atoms with van der Waals surface area (Å²) < 4.78 is 2.17. The van der Waals surface area contributed by atoms with E-state index in [1.54, 1.807) is 0 Å². The molecule has 0 saturated heterocycles. The Bertz CT molecular complexity index is 424. The Morgan fingerprint density at radius 1 is 1.40 bits per heavy atom. The number of aliphatic hydroxyl groups is 1. The quantitative estimate of drug-likeness (QED) is 0.753. The summed E-state index contributed by atoms with van der Waals surface area (Å²) in [6.45, 7) is 6.40. The Balaban J connectivity index is 2.78. The highest BCUT2D eigenvalue weighted by molar-refractivity contribution is 9.11. The van der Waals surface area contributed by atoms with E-state index >= 15 is 0 Å². The van der Waals surface area contributed by atoms with Crippen molar-refractivity contribution in [2.75, 3.05) is 0 Å². The molecule has 1 aliphatic carbocycles. The normalized spacial score (nSPS) is 22.9. The van der Waals surface area contributed by atoms with Gasteiger partial charge in [0.05, 0.1) is 6.10 Å². The van der Waals surface area contributed by atoms with Crippen molar-refractivity contribution in [2.45, 2.75) is 38.7 Å². The molecular formula is C12H14Br2O. The van der Waals surface area contributed by atoms with Crippen LogP contribution in [0.25, 0.3) is 0 Å². The standard InChI is InChI=1S/C12H14Br2O/c1-6-4-7(13)10-9(11(6)14)8(15)5-12(10,2)3/h4,8,15H,5H2,1-3H3. The molecule has 0 aromatic heterocycles. The maximum atomic E-state index is 10.1. The van der Waals surface area contributed by atoms with Gasteiger partial charge in [-0.15, -0.1) is 0 Å². The SMILES string of the molecule is Cc1cc(Br)c2c(c1Br)C(O)CC2(C)C. The molecule has 1 unspecified atom stereocenters. The van der Waals surface area contributed by atoms with Crippen molar-refractivity contribution in [3.63, 3.8) is 0 Å². The third kappa shape index (κ3) is 1.69. The minimum atomic E-state index is -0.347. The van der Waals surface area contributed by atoms with Gasteiger partial charge in [-0.2, -0.15) is 0 Å². The minimum absolute atomic E-state index is 0.0454. The molecule has 15 heavy (non-hydrogen) atoms. The van der Waals surface area contributed by atoms with Crippen LogP contribution in [0.1, 0.15) is 43.1 Å². The maximum Gasteiger partial charge on any atom is 0.0812 e. The van der Waals surface area contributed by atoms with Gasteiger partial charge in [-0.1, -0.05) is 45.7 Å². The Kier molecular flexibility index (Phi) is 2.77. The third-order valence-electron chi connectivity index (χ3n) is 3.15. The largest absolute Gasteiger partial charge is 0.388 e. The zero-order valence-electron chi connectivity index (χ0n) is 9.06. The van der Waals surface area contributed by atoms with Crippen LogP contribution >= 0.6 is 31.9 Å². The van der Waals surface area contributed by atoms with Crippen molar-refractivity contribution in [2.24, 2.45) is 0 Å². The van der Waals surface area contributed by atoms with Crippen LogP contribution in [-0.2, 0) is 5.41 Å². The first-order valence-electron chi connectivity index (χ1n) is 5.01. The molecule has 3 heteroatoms. The van der Waals surface area contributed by atoms with Gasteiger partial charge in [-0.3, -0.25) is 0 Å². The second kappa shape index (κ2) is 3.57. The Labute approximate surface area is 107 Å². The van der Waals surface area contributed by atoms with Crippen molar-refractivity contribution in [1.82, 2.24) is 0 Å². The molecule has 0 amide bonds. The molecule has 1 aliphatic rings. The Morgan fingerprint density at radius 2 is 2.00 bits per heavy atom. The van der Waals surface area contributed by atoms with E-state index in [1.165, 1.54) is 5.56 Å². The van der Waals surface area contributed by atoms with E-state index in [9.17, 15) is 5.11 Å². The lowest BCUT2D eigenvalue weighted by Gasteiger charge is -2.20. The van der Waals surface area contributed by atoms with E-state index in [0.29, 0.717) is 0 Å². The van der Waals surface area contributed by atoms with Crippen LogP contribution in [0.4, 0.5) is 0 Å². The van der Waals surface area contributed by atoms with Gasteiger partial charge in [0.1, 0.15) is 0 Å². The van der Waals surface area contributed by atoms with Crippen molar-refractivity contribution in [3.05, 3.63) is 31.7 Å². The van der Waals surface area contributed by atoms with E-state index in [2.05, 4.69) is 51.8 Å². The third-order valence-corrected chi connectivity index (χ3v) is 4.83. The van der Waals surface area contributed by atoms with Gasteiger partial charge in [0.2, 0.25) is 0 Å². The smallest absolute Gasteiger partial charge is 0.0812 e. The molecule has 0 fully saturated rings. The number of rotatable bonds is 0. The fraction of sp³-hybridized carbons (Fsp3) is 0.500. The van der Waals surface area contributed by atoms with Crippen molar-refractivity contribution < 1.29 is 5.11 Å². The monoisotopic (exact) mass is 332 g/mol. The van der Waals surface area contributed by atoms with Gasteiger partial charge >= 0.3 is 0 Å². The Hall–Kier alpha value is 0.140. The highest BCUT2D eigenvalue weighted by atomic mass is 79.9. The maximum absolute atomic E-state index is 10.1. The van der Waals surface area contributed by atoms with Crippen LogP contribution in [0.3, 0.4) is 0 Å². The molecule has 0 bridgehead atoms. The molecule has 1 nitrogen and oxygen atoms in total. The molecule has 0 aliphatic heterocycles. The van der Waals surface area contributed by atoms with Gasteiger partial charge in [0.25, 0.3) is 0 Å². The fourth-order valence-corrected chi connectivity index (χ4v) is 4.14. The summed E-state index contributed by atoms with van der Waals surface area (Å²) in [5, 5.41) is 10.1. The molecular weight excluding hydrogens is 320 g/mol. The van der Waals surface area contributed by atoms with Crippen LogP contribution in [0, 0.1) is 6.92 Å². The fourth-order valence-electron chi connectivity index (χ4n) is 2.46. The number of benzene rings is 1. The molecule has 1 N–H and O–H groups in total. The van der Waals surface area contributed by atoms with Gasteiger partial charge < -0.3 is 5.11 Å². The number of hydrogen-bond acceptors (Lipinski definition) is 1. The average molecular weight is 334 g/mol. The first-order valence-corrected chi connectivity index (χ1v) is 6.60. The molecule has 1 aromatic rings. The van der Waals surface area contributed by atoms with Crippen LogP contribution < -0.4 is 0 Å². The second-order valence-electron chi connectivity index (χ2n) is 4.88. The zero-order valence-corrected chi connectivity index (χ0v) is 12.2. The predicted molar refractivity (Wildman–Crippen MR) is 69.2 cm³/mol. The summed E-state index contributed by atoms with van der Waals surface area (Å²) in [6.07, 6.45) is 0.448. The zero-order chi connectivity index (χ0) is 11.4. The number of halogens is 2. The van der Waals surface area contributed by atoms with E-state index in [-0.39, 0.29) is 11.5 Å². The Morgan fingerprint density at radius 3 is 2.60 bits per heavy atom. The average Bonchev–Trinajstić information content (AvgIpc) is 2.32. The minimum Gasteiger partial charge on any atom is -0.388 e. The molecule has 2 rings (SSSR count). The van der Waals surface area contributed by atoms with Crippen molar-refractivity contribution >= 4 is 31.9 Å². The lowest BCUT2D eigenvalue weighted by molar-refractivity contribution is 0.161. The molecule has 0 spiro atoms. The summed E-state index contributed by atoms with van der Waals surface area (Å²) in [4.78, 5) is 0. The lowest BCUT2D eigenvalue weighted by Crippen LogP contribution is -2.13. The molecule has 0 saturated carbocycles. The topological polar surface area (TPSA) is 20.2 Å². The summed E-state index contributed by atoms with van der Waals surface area (Å²) in [6, 6.07) is 2.11. The van der Waals surface area contributed by atoms with Crippen molar-refractivity contribution in [3.8, 4) is 0 Å². The number of aliphatic hydroxyl groups excluding tert-OH is 1. The number of fused-ring (bicyclic) bond motifs is 1. The van der Waals surface area contributed by atoms with Crippen LogP contribution in [0.5, 0.6) is 0 Å². The van der Waals surface area contributed by atoms with Gasteiger partial charge in [0, 0.05) is 8.95 Å². The van der Waals surface area contributed by atoms with Gasteiger partial charge in [0.15, 0.2) is 0 Å². The predicted octanol–water partition coefficient (Wildman–Crippen LogP) is 4.23. The summed E-state index contributed by atoms with van der Waals surface area (Å²) in [5.74, 6) is 0. The summed E-state index contributed by atoms with van der Waals surface area (Å²) in [5.41, 5.74) is 3.51. The van der Waals surface area contributed by atoms with Gasteiger partial charge in [-0.25, -0.2) is 0 Å². The van der Waals surface area contributed by atoms with E-state index < -0.39 is 0 Å². The number of hydrogen-bond donors (Lipinski definition) is 1. The highest BCUT2D eigenvalue weighted by Gasteiger charge is 2.39. The summed E-state index contributed by atoms with van der Waals surface area (Å²) in [7, 11) is 0. The van der Waals surface area contributed by atoms with E-state index in [0.717, 1.165) is 26.5 Å². The van der Waals surface area contributed by atoms with Crippen LogP contribution in [0.15, 0.2) is 15.0 Å². The molecule has 1 aromatic carbocycles. The molecule has 0 heterocycles. The van der Waals surface area contributed by atoms with Crippen molar-refractivity contribution in [1.29, 1.82) is 0 Å². The van der Waals surface area contributed by atoms with Gasteiger partial charge in [-0.05, 0) is 41.5 Å². The first-order chi connectivity index (χ1) is 6.84. The lowest BCUT2D eigenvalue weighted by atomic mass is 9.86. The molecule has 1 atom stereocenters. The highest BCUT2D eigenvalue weighted by Crippen LogP contribution is 2.51. The summed E-state index contributed by atoms with van der Waals surface area (Å²) >= 11 is 7.18. The second-order valence-corrected chi connectivity index (χ2v) is 6.53. The number of aryl methyl sites for hydroxylation is 1. The van der Waals surface area contributed by atoms with Crippen LogP contribution in [-0.4, -0.2) is 5.11 Å².